The standard InChI is InChI=1S/C22H37Br/c1-3-5-7-9-11-13-15-20-17-21(19-22(23)18-20)16-14-12-10-8-6-4-2/h17-19H,3-16H2,1-2H3. The van der Waals surface area contributed by atoms with Gasteiger partial charge in [-0.2, -0.15) is 0 Å². The lowest BCUT2D eigenvalue weighted by Crippen LogP contribution is -1.92. The fourth-order valence-electron chi connectivity index (χ4n) is 3.22. The Kier molecular flexibility index (Phi) is 12.7. The summed E-state index contributed by atoms with van der Waals surface area (Å²) >= 11 is 3.70. The molecule has 0 fully saturated rings. The largest absolute Gasteiger partial charge is 0.0654 e. The van der Waals surface area contributed by atoms with Crippen LogP contribution in [-0.4, -0.2) is 0 Å². The van der Waals surface area contributed by atoms with Crippen LogP contribution in [0.3, 0.4) is 0 Å². The quantitative estimate of drug-likeness (QED) is 0.285. The van der Waals surface area contributed by atoms with Crippen LogP contribution in [0.1, 0.15) is 102 Å². The molecule has 0 nitrogen and oxygen atoms in total. The van der Waals surface area contributed by atoms with Gasteiger partial charge in [0, 0.05) is 4.47 Å². The van der Waals surface area contributed by atoms with Gasteiger partial charge in [0.1, 0.15) is 0 Å². The van der Waals surface area contributed by atoms with Crippen LogP contribution in [0.4, 0.5) is 0 Å². The summed E-state index contributed by atoms with van der Waals surface area (Å²) in [7, 11) is 0. The van der Waals surface area contributed by atoms with E-state index in [0.29, 0.717) is 0 Å². The fraction of sp³-hybridized carbons (Fsp3) is 0.727. The van der Waals surface area contributed by atoms with E-state index in [1.54, 1.807) is 0 Å². The summed E-state index contributed by atoms with van der Waals surface area (Å²) in [5, 5.41) is 0. The van der Waals surface area contributed by atoms with Crippen molar-refractivity contribution in [1.82, 2.24) is 0 Å². The molecule has 0 aliphatic heterocycles. The zero-order valence-electron chi connectivity index (χ0n) is 15.5. The molecule has 0 saturated carbocycles. The van der Waals surface area contributed by atoms with Crippen LogP contribution < -0.4 is 0 Å². The summed E-state index contributed by atoms with van der Waals surface area (Å²) in [6.45, 7) is 4.57. The topological polar surface area (TPSA) is 0 Å². The zero-order valence-corrected chi connectivity index (χ0v) is 17.1. The summed E-state index contributed by atoms with van der Waals surface area (Å²) < 4.78 is 1.27. The molecule has 132 valence electrons. The highest BCUT2D eigenvalue weighted by atomic mass is 79.9. The van der Waals surface area contributed by atoms with E-state index < -0.39 is 0 Å². The lowest BCUT2D eigenvalue weighted by atomic mass is 10.00. The van der Waals surface area contributed by atoms with Gasteiger partial charge in [-0.15, -0.1) is 0 Å². The van der Waals surface area contributed by atoms with Crippen LogP contribution in [0.15, 0.2) is 22.7 Å². The zero-order chi connectivity index (χ0) is 16.8. The van der Waals surface area contributed by atoms with Crippen molar-refractivity contribution in [3.05, 3.63) is 33.8 Å². The molecule has 0 amide bonds. The minimum Gasteiger partial charge on any atom is -0.0654 e. The lowest BCUT2D eigenvalue weighted by Gasteiger charge is -2.08. The summed E-state index contributed by atoms with van der Waals surface area (Å²) in [5.41, 5.74) is 3.05. The first-order valence-electron chi connectivity index (χ1n) is 10.0. The molecule has 1 aromatic carbocycles. The van der Waals surface area contributed by atoms with Crippen LogP contribution in [0.5, 0.6) is 0 Å². The van der Waals surface area contributed by atoms with E-state index in [1.165, 1.54) is 105 Å². The second kappa shape index (κ2) is 14.1. The van der Waals surface area contributed by atoms with E-state index in [9.17, 15) is 0 Å². The molecule has 0 aliphatic carbocycles. The van der Waals surface area contributed by atoms with Gasteiger partial charge in [0.2, 0.25) is 0 Å². The summed E-state index contributed by atoms with van der Waals surface area (Å²) in [6.07, 6.45) is 19.1. The molecule has 0 heterocycles. The Balaban J connectivity index is 2.25. The third kappa shape index (κ3) is 11.0. The number of benzene rings is 1. The molecule has 0 aliphatic rings. The molecule has 0 bridgehead atoms. The van der Waals surface area contributed by atoms with E-state index in [1.807, 2.05) is 0 Å². The normalized spacial score (nSPS) is 11.1. The fourth-order valence-corrected chi connectivity index (χ4v) is 3.81. The Labute approximate surface area is 153 Å². The Bertz CT molecular complexity index is 363. The van der Waals surface area contributed by atoms with Crippen molar-refractivity contribution in [2.45, 2.75) is 104 Å². The molecule has 0 saturated heterocycles. The molecule has 0 aromatic heterocycles. The maximum Gasteiger partial charge on any atom is 0.0180 e. The second-order valence-corrected chi connectivity index (χ2v) is 7.92. The van der Waals surface area contributed by atoms with Gasteiger partial charge >= 0.3 is 0 Å². The number of rotatable bonds is 14. The third-order valence-electron chi connectivity index (χ3n) is 4.66. The molecule has 0 unspecified atom stereocenters. The van der Waals surface area contributed by atoms with Gasteiger partial charge in [-0.05, 0) is 48.9 Å². The number of halogens is 1. The molecule has 0 atom stereocenters. The first-order chi connectivity index (χ1) is 11.3. The van der Waals surface area contributed by atoms with E-state index in [0.717, 1.165) is 0 Å². The van der Waals surface area contributed by atoms with Crippen molar-refractivity contribution < 1.29 is 0 Å². The number of unbranched alkanes of at least 4 members (excludes halogenated alkanes) is 10. The van der Waals surface area contributed by atoms with Gasteiger partial charge in [-0.1, -0.05) is 100 Å². The molecule has 1 aromatic rings. The molecule has 1 heteroatoms. The Morgan fingerprint density at radius 2 is 0.957 bits per heavy atom. The first-order valence-corrected chi connectivity index (χ1v) is 10.8. The van der Waals surface area contributed by atoms with Crippen molar-refractivity contribution in [3.8, 4) is 0 Å². The second-order valence-electron chi connectivity index (χ2n) is 7.00. The average Bonchev–Trinajstić information content (AvgIpc) is 2.53. The highest BCUT2D eigenvalue weighted by molar-refractivity contribution is 9.10. The minimum atomic E-state index is 1.25. The van der Waals surface area contributed by atoms with Crippen molar-refractivity contribution in [1.29, 1.82) is 0 Å². The SMILES string of the molecule is CCCCCCCCc1cc(Br)cc(CCCCCCCC)c1. The maximum atomic E-state index is 3.70. The smallest absolute Gasteiger partial charge is 0.0180 e. The van der Waals surface area contributed by atoms with Crippen molar-refractivity contribution in [2.24, 2.45) is 0 Å². The Hall–Kier alpha value is -0.300. The van der Waals surface area contributed by atoms with Crippen LogP contribution in [0, 0.1) is 0 Å². The van der Waals surface area contributed by atoms with Crippen LogP contribution in [-0.2, 0) is 12.8 Å². The predicted octanol–water partition coefficient (Wildman–Crippen LogP) is 8.26. The molecular formula is C22H37Br. The van der Waals surface area contributed by atoms with E-state index >= 15 is 0 Å². The Morgan fingerprint density at radius 3 is 1.39 bits per heavy atom. The summed E-state index contributed by atoms with van der Waals surface area (Å²) in [4.78, 5) is 0. The van der Waals surface area contributed by atoms with Gasteiger partial charge in [0.25, 0.3) is 0 Å². The monoisotopic (exact) mass is 380 g/mol. The molecule has 1 rings (SSSR count). The van der Waals surface area contributed by atoms with E-state index in [4.69, 9.17) is 0 Å². The van der Waals surface area contributed by atoms with Crippen LogP contribution in [0.25, 0.3) is 0 Å². The van der Waals surface area contributed by atoms with Gasteiger partial charge in [0.15, 0.2) is 0 Å². The predicted molar refractivity (Wildman–Crippen MR) is 108 cm³/mol. The summed E-state index contributed by atoms with van der Waals surface area (Å²) in [6, 6.07) is 7.08. The van der Waals surface area contributed by atoms with Crippen LogP contribution in [0.2, 0.25) is 0 Å². The molecular weight excluding hydrogens is 344 g/mol. The van der Waals surface area contributed by atoms with Gasteiger partial charge in [-0.3, -0.25) is 0 Å². The highest BCUT2D eigenvalue weighted by Gasteiger charge is 2.01. The molecule has 0 radical (unpaired) electrons. The number of hydrogen-bond acceptors (Lipinski definition) is 0. The first kappa shape index (κ1) is 20.7. The third-order valence-corrected chi connectivity index (χ3v) is 5.11. The molecule has 0 spiro atoms. The van der Waals surface area contributed by atoms with E-state index in [-0.39, 0.29) is 0 Å². The van der Waals surface area contributed by atoms with Crippen molar-refractivity contribution in [3.63, 3.8) is 0 Å². The lowest BCUT2D eigenvalue weighted by molar-refractivity contribution is 0.604. The van der Waals surface area contributed by atoms with Crippen LogP contribution >= 0.6 is 15.9 Å². The van der Waals surface area contributed by atoms with Gasteiger partial charge in [-0.25, -0.2) is 0 Å². The summed E-state index contributed by atoms with van der Waals surface area (Å²) in [5.74, 6) is 0. The Morgan fingerprint density at radius 1 is 0.565 bits per heavy atom. The average molecular weight is 381 g/mol. The maximum absolute atomic E-state index is 3.70. The van der Waals surface area contributed by atoms with Crippen molar-refractivity contribution in [2.75, 3.05) is 0 Å². The van der Waals surface area contributed by atoms with Crippen molar-refractivity contribution >= 4 is 15.9 Å². The van der Waals surface area contributed by atoms with Gasteiger partial charge in [0.05, 0.1) is 0 Å². The highest BCUT2D eigenvalue weighted by Crippen LogP contribution is 2.20. The minimum absolute atomic E-state index is 1.25. The number of hydrogen-bond donors (Lipinski definition) is 0. The molecule has 0 N–H and O–H groups in total. The van der Waals surface area contributed by atoms with E-state index in [2.05, 4.69) is 48.0 Å². The number of aryl methyl sites for hydroxylation is 2. The van der Waals surface area contributed by atoms with Gasteiger partial charge < -0.3 is 0 Å². The molecule has 23 heavy (non-hydrogen) atoms.